The molecule has 0 saturated carbocycles. The molecule has 0 unspecified atom stereocenters. The molecule has 0 spiro atoms. The average molecular weight is 292 g/mol. The Balaban J connectivity index is 1.95. The molecular formula is C15H20N2O2S. The van der Waals surface area contributed by atoms with Crippen molar-refractivity contribution >= 4 is 23.2 Å². The molecule has 0 atom stereocenters. The zero-order valence-corrected chi connectivity index (χ0v) is 12.4. The van der Waals surface area contributed by atoms with Crippen molar-refractivity contribution < 1.29 is 9.59 Å². The highest BCUT2D eigenvalue weighted by Crippen LogP contribution is 2.14. The third-order valence-electron chi connectivity index (χ3n) is 3.38. The second-order valence-corrected chi connectivity index (χ2v) is 5.95. The lowest BCUT2D eigenvalue weighted by atomic mass is 10.1. The van der Waals surface area contributed by atoms with Crippen LogP contribution >= 0.6 is 11.3 Å². The Morgan fingerprint density at radius 1 is 1.50 bits per heavy atom. The number of rotatable bonds is 6. The molecule has 0 radical (unpaired) electrons. The van der Waals surface area contributed by atoms with E-state index in [1.807, 2.05) is 17.5 Å². The lowest BCUT2D eigenvalue weighted by Gasteiger charge is -2.29. The second-order valence-electron chi connectivity index (χ2n) is 4.91. The highest BCUT2D eigenvalue weighted by atomic mass is 32.1. The summed E-state index contributed by atoms with van der Waals surface area (Å²) < 4.78 is 0. The van der Waals surface area contributed by atoms with Gasteiger partial charge in [0, 0.05) is 24.4 Å². The normalized spacial score (nSPS) is 15.2. The highest BCUT2D eigenvalue weighted by Gasteiger charge is 2.23. The largest absolute Gasteiger partial charge is 0.333 e. The second kappa shape index (κ2) is 7.24. The number of hydrogen-bond donors (Lipinski definition) is 0. The number of carbonyl (C=O) groups is 2. The topological polar surface area (TPSA) is 40.6 Å². The third kappa shape index (κ3) is 3.93. The predicted octanol–water partition coefficient (Wildman–Crippen LogP) is 2.28. The Morgan fingerprint density at radius 3 is 3.00 bits per heavy atom. The van der Waals surface area contributed by atoms with Crippen molar-refractivity contribution in [3.63, 3.8) is 0 Å². The molecule has 1 aromatic heterocycles. The third-order valence-corrected chi connectivity index (χ3v) is 4.24. The van der Waals surface area contributed by atoms with E-state index in [-0.39, 0.29) is 18.4 Å². The standard InChI is InChI=1S/C15H20N2O2S/c1-2-8-16(11-13-6-5-10-20-13)15(19)12-17-9-4-3-7-14(17)18/h2,5-6,10H,1,3-4,7-9,11-12H2. The summed E-state index contributed by atoms with van der Waals surface area (Å²) >= 11 is 1.63. The Kier molecular flexibility index (Phi) is 5.35. The van der Waals surface area contributed by atoms with Crippen molar-refractivity contribution in [2.45, 2.75) is 25.8 Å². The Labute approximate surface area is 123 Å². The van der Waals surface area contributed by atoms with Crippen LogP contribution in [-0.4, -0.2) is 41.2 Å². The molecule has 2 amide bonds. The van der Waals surface area contributed by atoms with Gasteiger partial charge in [-0.15, -0.1) is 17.9 Å². The maximum Gasteiger partial charge on any atom is 0.242 e. The Morgan fingerprint density at radius 2 is 2.35 bits per heavy atom. The van der Waals surface area contributed by atoms with Crippen LogP contribution in [0.1, 0.15) is 24.1 Å². The van der Waals surface area contributed by atoms with Crippen LogP contribution in [-0.2, 0) is 16.1 Å². The number of piperidine rings is 1. The van der Waals surface area contributed by atoms with Crippen LogP contribution in [0.5, 0.6) is 0 Å². The molecule has 2 heterocycles. The molecule has 1 fully saturated rings. The van der Waals surface area contributed by atoms with Crippen molar-refractivity contribution in [3.05, 3.63) is 35.0 Å². The average Bonchev–Trinajstić information content (AvgIpc) is 2.94. The van der Waals surface area contributed by atoms with Gasteiger partial charge in [0.1, 0.15) is 0 Å². The van der Waals surface area contributed by atoms with Gasteiger partial charge in [-0.3, -0.25) is 9.59 Å². The lowest BCUT2D eigenvalue weighted by Crippen LogP contribution is -2.44. The van der Waals surface area contributed by atoms with Crippen molar-refractivity contribution in [3.8, 4) is 0 Å². The van der Waals surface area contributed by atoms with Crippen molar-refractivity contribution in [2.75, 3.05) is 19.6 Å². The Bertz CT molecular complexity index is 470. The molecular weight excluding hydrogens is 272 g/mol. The maximum atomic E-state index is 12.4. The van der Waals surface area contributed by atoms with E-state index in [4.69, 9.17) is 0 Å². The van der Waals surface area contributed by atoms with Crippen LogP contribution in [0.25, 0.3) is 0 Å². The van der Waals surface area contributed by atoms with Gasteiger partial charge in [-0.1, -0.05) is 12.1 Å². The van der Waals surface area contributed by atoms with Gasteiger partial charge in [-0.25, -0.2) is 0 Å². The first-order valence-electron chi connectivity index (χ1n) is 6.89. The number of likely N-dealkylation sites (tertiary alicyclic amines) is 1. The smallest absolute Gasteiger partial charge is 0.242 e. The molecule has 20 heavy (non-hydrogen) atoms. The quantitative estimate of drug-likeness (QED) is 0.755. The van der Waals surface area contributed by atoms with E-state index in [9.17, 15) is 9.59 Å². The zero-order chi connectivity index (χ0) is 14.4. The van der Waals surface area contributed by atoms with Crippen LogP contribution in [0.15, 0.2) is 30.2 Å². The molecule has 1 saturated heterocycles. The van der Waals surface area contributed by atoms with Crippen LogP contribution in [0.2, 0.25) is 0 Å². The van der Waals surface area contributed by atoms with E-state index in [1.165, 1.54) is 0 Å². The van der Waals surface area contributed by atoms with Gasteiger partial charge in [-0.05, 0) is 24.3 Å². The molecule has 0 aliphatic carbocycles. The van der Waals surface area contributed by atoms with Crippen molar-refractivity contribution in [1.82, 2.24) is 9.80 Å². The van der Waals surface area contributed by atoms with E-state index in [1.54, 1.807) is 27.2 Å². The van der Waals surface area contributed by atoms with Gasteiger partial charge < -0.3 is 9.80 Å². The fourth-order valence-corrected chi connectivity index (χ4v) is 3.01. The number of carbonyl (C=O) groups excluding carboxylic acids is 2. The minimum absolute atomic E-state index is 0.00597. The van der Waals surface area contributed by atoms with Gasteiger partial charge in [-0.2, -0.15) is 0 Å². The SMILES string of the molecule is C=CCN(Cc1cccs1)C(=O)CN1CCCCC1=O. The summed E-state index contributed by atoms with van der Waals surface area (Å²) in [5.41, 5.74) is 0. The van der Waals surface area contributed by atoms with Crippen LogP contribution < -0.4 is 0 Å². The van der Waals surface area contributed by atoms with E-state index in [0.29, 0.717) is 26.1 Å². The van der Waals surface area contributed by atoms with E-state index in [2.05, 4.69) is 6.58 Å². The number of amides is 2. The molecule has 5 heteroatoms. The first kappa shape index (κ1) is 14.8. The molecule has 0 N–H and O–H groups in total. The number of hydrogen-bond acceptors (Lipinski definition) is 3. The first-order chi connectivity index (χ1) is 9.70. The van der Waals surface area contributed by atoms with Crippen LogP contribution in [0.3, 0.4) is 0 Å². The summed E-state index contributed by atoms with van der Waals surface area (Å²) in [7, 11) is 0. The van der Waals surface area contributed by atoms with Gasteiger partial charge in [0.05, 0.1) is 13.1 Å². The highest BCUT2D eigenvalue weighted by molar-refractivity contribution is 7.09. The van der Waals surface area contributed by atoms with Crippen LogP contribution in [0.4, 0.5) is 0 Å². The van der Waals surface area contributed by atoms with E-state index >= 15 is 0 Å². The number of thiophene rings is 1. The molecule has 1 aromatic rings. The van der Waals surface area contributed by atoms with Crippen molar-refractivity contribution in [2.24, 2.45) is 0 Å². The summed E-state index contributed by atoms with van der Waals surface area (Å²) in [6.07, 6.45) is 4.23. The molecule has 4 nitrogen and oxygen atoms in total. The molecule has 2 rings (SSSR count). The summed E-state index contributed by atoms with van der Waals surface area (Å²) in [6, 6.07) is 3.99. The fraction of sp³-hybridized carbons (Fsp3) is 0.467. The number of nitrogens with zero attached hydrogens (tertiary/aromatic N) is 2. The van der Waals surface area contributed by atoms with Gasteiger partial charge in [0.2, 0.25) is 11.8 Å². The van der Waals surface area contributed by atoms with Crippen LogP contribution in [0, 0.1) is 0 Å². The molecule has 0 aromatic carbocycles. The molecule has 0 bridgehead atoms. The zero-order valence-electron chi connectivity index (χ0n) is 11.6. The minimum Gasteiger partial charge on any atom is -0.333 e. The summed E-state index contributed by atoms with van der Waals surface area (Å²) in [4.78, 5) is 28.7. The molecule has 1 aliphatic rings. The fourth-order valence-electron chi connectivity index (χ4n) is 2.29. The van der Waals surface area contributed by atoms with E-state index < -0.39 is 0 Å². The molecule has 1 aliphatic heterocycles. The summed E-state index contributed by atoms with van der Waals surface area (Å²) in [6.45, 7) is 5.70. The molecule has 108 valence electrons. The lowest BCUT2D eigenvalue weighted by molar-refractivity contribution is -0.141. The van der Waals surface area contributed by atoms with Gasteiger partial charge in [0.15, 0.2) is 0 Å². The van der Waals surface area contributed by atoms with E-state index in [0.717, 1.165) is 17.7 Å². The summed E-state index contributed by atoms with van der Waals surface area (Å²) in [5.74, 6) is 0.0906. The summed E-state index contributed by atoms with van der Waals surface area (Å²) in [5, 5.41) is 2.00. The van der Waals surface area contributed by atoms with Gasteiger partial charge >= 0.3 is 0 Å². The first-order valence-corrected chi connectivity index (χ1v) is 7.77. The maximum absolute atomic E-state index is 12.4. The van der Waals surface area contributed by atoms with Crippen molar-refractivity contribution in [1.29, 1.82) is 0 Å². The Hall–Kier alpha value is -1.62. The predicted molar refractivity (Wildman–Crippen MR) is 80.4 cm³/mol. The van der Waals surface area contributed by atoms with Gasteiger partial charge in [0.25, 0.3) is 0 Å². The minimum atomic E-state index is -0.00597. The monoisotopic (exact) mass is 292 g/mol.